The minimum atomic E-state index is -0.756. The third kappa shape index (κ3) is 3.21. The SMILES string of the molecule is CCCS(=O)C1CC(c2ccccc2)CCC1N. The number of benzene rings is 1. The lowest BCUT2D eigenvalue weighted by molar-refractivity contribution is 0.400. The van der Waals surface area contributed by atoms with Crippen molar-refractivity contribution in [3.05, 3.63) is 35.9 Å². The van der Waals surface area contributed by atoms with Crippen LogP contribution in [0.1, 0.15) is 44.1 Å². The van der Waals surface area contributed by atoms with Crippen molar-refractivity contribution in [3.63, 3.8) is 0 Å². The van der Waals surface area contributed by atoms with Crippen molar-refractivity contribution in [1.82, 2.24) is 0 Å². The molecule has 1 aromatic carbocycles. The molecule has 0 saturated heterocycles. The van der Waals surface area contributed by atoms with Crippen LogP contribution in [0.3, 0.4) is 0 Å². The molecule has 0 heterocycles. The molecule has 1 fully saturated rings. The molecule has 1 aliphatic carbocycles. The summed E-state index contributed by atoms with van der Waals surface area (Å²) in [6.45, 7) is 2.08. The molecule has 100 valence electrons. The second-order valence-corrected chi connectivity index (χ2v) is 6.98. The van der Waals surface area contributed by atoms with Crippen LogP contribution in [0.15, 0.2) is 30.3 Å². The van der Waals surface area contributed by atoms with Gasteiger partial charge in [0.1, 0.15) is 0 Å². The number of hydrogen-bond acceptors (Lipinski definition) is 2. The molecule has 1 aromatic rings. The maximum absolute atomic E-state index is 12.2. The van der Waals surface area contributed by atoms with Gasteiger partial charge in [0.15, 0.2) is 0 Å². The average molecular weight is 265 g/mol. The Labute approximate surface area is 112 Å². The number of rotatable bonds is 4. The molecule has 2 N–H and O–H groups in total. The van der Waals surface area contributed by atoms with Gasteiger partial charge in [-0.3, -0.25) is 4.21 Å². The highest BCUT2D eigenvalue weighted by molar-refractivity contribution is 7.85. The Morgan fingerprint density at radius 1 is 1.28 bits per heavy atom. The normalized spacial score (nSPS) is 30.0. The standard InChI is InChI=1S/C15H23NOS/c1-2-10-18(17)15-11-13(8-9-14(15)16)12-6-4-3-5-7-12/h3-7,13-15H,2,8-11,16H2,1H3. The van der Waals surface area contributed by atoms with Gasteiger partial charge in [-0.25, -0.2) is 0 Å². The second-order valence-electron chi connectivity index (χ2n) is 5.21. The van der Waals surface area contributed by atoms with Crippen molar-refractivity contribution in [2.45, 2.75) is 49.8 Å². The Bertz CT molecular complexity index is 393. The molecule has 4 unspecified atom stereocenters. The van der Waals surface area contributed by atoms with Crippen LogP contribution in [0, 0.1) is 0 Å². The van der Waals surface area contributed by atoms with E-state index in [4.69, 9.17) is 5.73 Å². The molecule has 0 aromatic heterocycles. The van der Waals surface area contributed by atoms with Gasteiger partial charge in [-0.05, 0) is 37.2 Å². The Balaban J connectivity index is 2.07. The summed E-state index contributed by atoms with van der Waals surface area (Å²) in [7, 11) is -0.756. The molecule has 0 bridgehead atoms. The fourth-order valence-electron chi connectivity index (χ4n) is 2.84. The van der Waals surface area contributed by atoms with Crippen LogP contribution in [0.2, 0.25) is 0 Å². The first-order chi connectivity index (χ1) is 8.72. The van der Waals surface area contributed by atoms with Crippen LogP contribution in [0.5, 0.6) is 0 Å². The molecular formula is C15H23NOS. The third-order valence-electron chi connectivity index (χ3n) is 3.86. The van der Waals surface area contributed by atoms with E-state index in [-0.39, 0.29) is 11.3 Å². The van der Waals surface area contributed by atoms with Crippen LogP contribution in [0.25, 0.3) is 0 Å². The van der Waals surface area contributed by atoms with E-state index in [9.17, 15) is 4.21 Å². The van der Waals surface area contributed by atoms with Gasteiger partial charge >= 0.3 is 0 Å². The zero-order valence-corrected chi connectivity index (χ0v) is 11.9. The first-order valence-electron chi connectivity index (χ1n) is 6.90. The summed E-state index contributed by atoms with van der Waals surface area (Å²) in [5.74, 6) is 1.33. The molecule has 18 heavy (non-hydrogen) atoms. The molecule has 1 saturated carbocycles. The predicted octanol–water partition coefficient (Wildman–Crippen LogP) is 2.81. The van der Waals surface area contributed by atoms with E-state index in [1.54, 1.807) is 0 Å². The van der Waals surface area contributed by atoms with E-state index >= 15 is 0 Å². The first kappa shape index (κ1) is 13.8. The molecule has 2 rings (SSSR count). The molecule has 0 aliphatic heterocycles. The van der Waals surface area contributed by atoms with Gasteiger partial charge in [0.2, 0.25) is 0 Å². The highest BCUT2D eigenvalue weighted by atomic mass is 32.2. The van der Waals surface area contributed by atoms with E-state index in [1.807, 2.05) is 6.07 Å². The third-order valence-corrected chi connectivity index (χ3v) is 5.88. The Morgan fingerprint density at radius 2 is 2.00 bits per heavy atom. The van der Waals surface area contributed by atoms with Gasteiger partial charge in [-0.2, -0.15) is 0 Å². The fraction of sp³-hybridized carbons (Fsp3) is 0.600. The molecule has 0 radical (unpaired) electrons. The van der Waals surface area contributed by atoms with Gasteiger partial charge in [0.05, 0.1) is 5.25 Å². The maximum Gasteiger partial charge on any atom is 0.0504 e. The summed E-state index contributed by atoms with van der Waals surface area (Å²) >= 11 is 0. The molecule has 2 nitrogen and oxygen atoms in total. The summed E-state index contributed by atoms with van der Waals surface area (Å²) in [6, 6.07) is 10.7. The monoisotopic (exact) mass is 265 g/mol. The van der Waals surface area contributed by atoms with E-state index < -0.39 is 10.8 Å². The largest absolute Gasteiger partial charge is 0.327 e. The topological polar surface area (TPSA) is 43.1 Å². The zero-order valence-electron chi connectivity index (χ0n) is 11.0. The Morgan fingerprint density at radius 3 is 2.67 bits per heavy atom. The smallest absolute Gasteiger partial charge is 0.0504 e. The zero-order chi connectivity index (χ0) is 13.0. The minimum Gasteiger partial charge on any atom is -0.327 e. The van der Waals surface area contributed by atoms with Crippen molar-refractivity contribution in [3.8, 4) is 0 Å². The second kappa shape index (κ2) is 6.48. The lowest BCUT2D eigenvalue weighted by Gasteiger charge is -2.33. The lowest BCUT2D eigenvalue weighted by atomic mass is 9.82. The van der Waals surface area contributed by atoms with Gasteiger partial charge in [-0.1, -0.05) is 37.3 Å². The van der Waals surface area contributed by atoms with Crippen LogP contribution < -0.4 is 5.73 Å². The van der Waals surface area contributed by atoms with Crippen LogP contribution >= 0.6 is 0 Å². The number of hydrogen-bond donors (Lipinski definition) is 1. The fourth-order valence-corrected chi connectivity index (χ4v) is 4.51. The highest BCUT2D eigenvalue weighted by Gasteiger charge is 2.32. The van der Waals surface area contributed by atoms with Crippen molar-refractivity contribution in [2.75, 3.05) is 5.75 Å². The average Bonchev–Trinajstić information content (AvgIpc) is 2.40. The predicted molar refractivity (Wildman–Crippen MR) is 78.1 cm³/mol. The Kier molecular flexibility index (Phi) is 4.95. The van der Waals surface area contributed by atoms with Gasteiger partial charge in [0, 0.05) is 22.6 Å². The molecule has 4 atom stereocenters. The summed E-state index contributed by atoms with van der Waals surface area (Å²) in [5, 5.41) is 0.184. The summed E-state index contributed by atoms with van der Waals surface area (Å²) in [4.78, 5) is 0. The quantitative estimate of drug-likeness (QED) is 0.909. The maximum atomic E-state index is 12.2. The summed E-state index contributed by atoms with van der Waals surface area (Å²) in [6.07, 6.45) is 4.09. The minimum absolute atomic E-state index is 0.123. The van der Waals surface area contributed by atoms with Crippen molar-refractivity contribution in [2.24, 2.45) is 5.73 Å². The van der Waals surface area contributed by atoms with E-state index in [1.165, 1.54) is 5.56 Å². The first-order valence-corrected chi connectivity index (χ1v) is 8.28. The van der Waals surface area contributed by atoms with Crippen molar-refractivity contribution < 1.29 is 4.21 Å². The van der Waals surface area contributed by atoms with Crippen molar-refractivity contribution in [1.29, 1.82) is 0 Å². The Hall–Kier alpha value is -0.670. The van der Waals surface area contributed by atoms with Crippen LogP contribution in [0.4, 0.5) is 0 Å². The molecule has 3 heteroatoms. The van der Waals surface area contributed by atoms with Crippen LogP contribution in [-0.4, -0.2) is 21.3 Å². The van der Waals surface area contributed by atoms with Gasteiger partial charge in [-0.15, -0.1) is 0 Å². The summed E-state index contributed by atoms with van der Waals surface area (Å²) in [5.41, 5.74) is 7.54. The molecule has 1 aliphatic rings. The van der Waals surface area contributed by atoms with Gasteiger partial charge < -0.3 is 5.73 Å². The van der Waals surface area contributed by atoms with Gasteiger partial charge in [0.25, 0.3) is 0 Å². The van der Waals surface area contributed by atoms with Crippen molar-refractivity contribution >= 4 is 10.8 Å². The highest BCUT2D eigenvalue weighted by Crippen LogP contribution is 2.34. The van der Waals surface area contributed by atoms with E-state index in [2.05, 4.69) is 31.2 Å². The number of nitrogens with two attached hydrogens (primary N) is 1. The lowest BCUT2D eigenvalue weighted by Crippen LogP contribution is -2.43. The van der Waals surface area contributed by atoms with Crippen LogP contribution in [-0.2, 0) is 10.8 Å². The van der Waals surface area contributed by atoms with E-state index in [0.29, 0.717) is 5.92 Å². The molecule has 0 spiro atoms. The summed E-state index contributed by atoms with van der Waals surface area (Å²) < 4.78 is 12.2. The molecular weight excluding hydrogens is 242 g/mol. The van der Waals surface area contributed by atoms with E-state index in [0.717, 1.165) is 31.4 Å². The molecule has 0 amide bonds.